The molecule has 15 heteroatoms. The van der Waals surface area contributed by atoms with Crippen molar-refractivity contribution in [2.24, 2.45) is 4.99 Å². The van der Waals surface area contributed by atoms with Crippen molar-refractivity contribution in [2.45, 2.75) is 88.6 Å². The molecule has 1 unspecified atom stereocenters. The van der Waals surface area contributed by atoms with Crippen LogP contribution in [0.3, 0.4) is 0 Å². The molecule has 0 spiro atoms. The molecule has 4 aromatic rings. The zero-order chi connectivity index (χ0) is 44.6. The molecule has 0 aliphatic carbocycles. The van der Waals surface area contributed by atoms with Crippen LogP contribution >= 0.6 is 0 Å². The molecule has 4 heterocycles. The summed E-state index contributed by atoms with van der Waals surface area (Å²) < 4.78 is 6.60. The number of benzene rings is 4. The number of hydrogen-bond acceptors (Lipinski definition) is 9. The number of nitrogens with one attached hydrogen (secondary N) is 4. The third-order valence-electron chi connectivity index (χ3n) is 12.2. The Labute approximate surface area is 371 Å². The molecule has 4 aliphatic heterocycles. The molecule has 15 nitrogen and oxygen atoms in total. The van der Waals surface area contributed by atoms with Gasteiger partial charge in [-0.05, 0) is 67.5 Å². The summed E-state index contributed by atoms with van der Waals surface area (Å²) in [5.41, 5.74) is 3.66. The lowest BCUT2D eigenvalue weighted by Crippen LogP contribution is -2.52. The molecule has 0 bridgehead atoms. The standard InChI is InChI=1S/C49H51N7O8/c57-40(50-26-12-10-23-41(58)52-38-21-13-20-36-37(38)30-56(47(36)62)39-24-25-42(59)53-45(39)61)22-9-11-27-51-43(60)31-55-29-34-18-7-8-19-35(34)44-49(48(55)63,28-32-14-3-1-4-15-32)54-46(64-44)33-16-5-2-6-17-33/h1-8,13-21,39,44H,9-12,22-31H2,(H,50,57)(H,51,60)(H,52,58)(H,53,59,61)/t39?,44-,49-/m0/s1. The maximum absolute atomic E-state index is 14.8. The van der Waals surface area contributed by atoms with Crippen LogP contribution in [-0.4, -0.2) is 88.3 Å². The summed E-state index contributed by atoms with van der Waals surface area (Å²) in [7, 11) is 0. The molecule has 1 saturated heterocycles. The fourth-order valence-corrected chi connectivity index (χ4v) is 8.91. The van der Waals surface area contributed by atoms with Gasteiger partial charge in [0.15, 0.2) is 11.6 Å². The number of amides is 7. The van der Waals surface area contributed by atoms with E-state index in [0.717, 1.165) is 22.3 Å². The van der Waals surface area contributed by atoms with Gasteiger partial charge >= 0.3 is 0 Å². The Morgan fingerprint density at radius 2 is 1.44 bits per heavy atom. The molecule has 7 amide bonds. The first-order chi connectivity index (χ1) is 31.1. The Kier molecular flexibility index (Phi) is 13.2. The normalized spacial score (nSPS) is 20.0. The van der Waals surface area contributed by atoms with Crippen LogP contribution < -0.4 is 21.3 Å². The number of hydrogen-bond donors (Lipinski definition) is 4. The van der Waals surface area contributed by atoms with Crippen molar-refractivity contribution in [3.63, 3.8) is 0 Å². The molecule has 0 aromatic heterocycles. The van der Waals surface area contributed by atoms with Crippen LogP contribution in [0.2, 0.25) is 0 Å². The summed E-state index contributed by atoms with van der Waals surface area (Å²) in [6.45, 7) is 0.959. The summed E-state index contributed by atoms with van der Waals surface area (Å²) in [5.74, 6) is -1.72. The van der Waals surface area contributed by atoms with Gasteiger partial charge in [-0.1, -0.05) is 78.9 Å². The summed E-state index contributed by atoms with van der Waals surface area (Å²) in [6.07, 6.45) is 2.72. The predicted molar refractivity (Wildman–Crippen MR) is 236 cm³/mol. The number of carbonyl (C=O) groups is 7. The number of rotatable bonds is 17. The molecule has 1 fully saturated rings. The van der Waals surface area contributed by atoms with Crippen molar-refractivity contribution in [1.82, 2.24) is 25.8 Å². The molecule has 330 valence electrons. The van der Waals surface area contributed by atoms with Gasteiger partial charge in [0.05, 0.1) is 6.54 Å². The maximum atomic E-state index is 14.8. The molecule has 8 rings (SSSR count). The topological polar surface area (TPSA) is 196 Å². The number of piperidine rings is 1. The number of ether oxygens (including phenoxy) is 1. The van der Waals surface area contributed by atoms with Crippen molar-refractivity contribution in [3.8, 4) is 0 Å². The van der Waals surface area contributed by atoms with Gasteiger partial charge < -0.3 is 30.5 Å². The van der Waals surface area contributed by atoms with Crippen LogP contribution in [-0.2, 0) is 53.0 Å². The van der Waals surface area contributed by atoms with E-state index in [1.165, 1.54) is 4.90 Å². The monoisotopic (exact) mass is 865 g/mol. The summed E-state index contributed by atoms with van der Waals surface area (Å²) in [4.78, 5) is 98.8. The average Bonchev–Trinajstić information content (AvgIpc) is 3.82. The highest BCUT2D eigenvalue weighted by Crippen LogP contribution is 2.46. The number of nitrogens with zero attached hydrogens (tertiary/aromatic N) is 3. The van der Waals surface area contributed by atoms with Crippen LogP contribution in [0.5, 0.6) is 0 Å². The fourth-order valence-electron chi connectivity index (χ4n) is 8.91. The first-order valence-corrected chi connectivity index (χ1v) is 21.9. The van der Waals surface area contributed by atoms with Crippen LogP contribution in [0.4, 0.5) is 5.69 Å². The van der Waals surface area contributed by atoms with Gasteiger partial charge in [0, 0.05) is 79.8 Å². The van der Waals surface area contributed by atoms with Gasteiger partial charge in [0.1, 0.15) is 6.04 Å². The molecular formula is C49H51N7O8. The summed E-state index contributed by atoms with van der Waals surface area (Å²) in [5, 5.41) is 11.0. The molecule has 4 aliphatic rings. The maximum Gasteiger partial charge on any atom is 0.256 e. The summed E-state index contributed by atoms with van der Waals surface area (Å²) in [6, 6.07) is 31.3. The molecule has 0 saturated carbocycles. The van der Waals surface area contributed by atoms with E-state index in [0.29, 0.717) is 61.5 Å². The number of imide groups is 1. The van der Waals surface area contributed by atoms with E-state index in [1.807, 2.05) is 84.9 Å². The summed E-state index contributed by atoms with van der Waals surface area (Å²) >= 11 is 0. The van der Waals surface area contributed by atoms with Crippen molar-refractivity contribution in [2.75, 3.05) is 25.0 Å². The van der Waals surface area contributed by atoms with Crippen LogP contribution in [0.15, 0.2) is 108 Å². The fraction of sp³-hybridized carbons (Fsp3) is 0.347. The smallest absolute Gasteiger partial charge is 0.256 e. The third kappa shape index (κ3) is 9.58. The van der Waals surface area contributed by atoms with Crippen molar-refractivity contribution < 1.29 is 38.3 Å². The van der Waals surface area contributed by atoms with Gasteiger partial charge in [0.2, 0.25) is 35.4 Å². The molecule has 3 atom stereocenters. The van der Waals surface area contributed by atoms with Crippen molar-refractivity contribution >= 4 is 52.9 Å². The lowest BCUT2D eigenvalue weighted by atomic mass is 9.81. The van der Waals surface area contributed by atoms with E-state index in [9.17, 15) is 33.6 Å². The molecule has 0 radical (unpaired) electrons. The number of anilines is 1. The van der Waals surface area contributed by atoms with Crippen LogP contribution in [0, 0.1) is 0 Å². The largest absolute Gasteiger partial charge is 0.466 e. The Morgan fingerprint density at radius 1 is 0.750 bits per heavy atom. The number of aliphatic imine (C=N–C) groups is 1. The average molecular weight is 866 g/mol. The Balaban J connectivity index is 0.769. The highest BCUT2D eigenvalue weighted by atomic mass is 16.5. The van der Waals surface area contributed by atoms with Crippen molar-refractivity contribution in [1.29, 1.82) is 0 Å². The zero-order valence-electron chi connectivity index (χ0n) is 35.5. The van der Waals surface area contributed by atoms with E-state index in [1.54, 1.807) is 23.1 Å². The van der Waals surface area contributed by atoms with E-state index in [4.69, 9.17) is 9.73 Å². The Morgan fingerprint density at radius 3 is 2.19 bits per heavy atom. The lowest BCUT2D eigenvalue weighted by molar-refractivity contribution is -0.143. The molecule has 4 aromatic carbocycles. The number of unbranched alkanes of at least 4 members (excludes halogenated alkanes) is 2. The van der Waals surface area contributed by atoms with Gasteiger partial charge in [-0.25, -0.2) is 4.99 Å². The van der Waals surface area contributed by atoms with Gasteiger partial charge in [-0.3, -0.25) is 38.9 Å². The van der Waals surface area contributed by atoms with E-state index in [2.05, 4.69) is 21.3 Å². The first kappa shape index (κ1) is 43.5. The minimum Gasteiger partial charge on any atom is -0.466 e. The third-order valence-corrected chi connectivity index (χ3v) is 12.2. The zero-order valence-corrected chi connectivity index (χ0v) is 35.5. The quantitative estimate of drug-likeness (QED) is 0.0880. The van der Waals surface area contributed by atoms with E-state index < -0.39 is 23.6 Å². The number of fused-ring (bicyclic) bond motifs is 4. The van der Waals surface area contributed by atoms with E-state index in [-0.39, 0.29) is 87.2 Å². The van der Waals surface area contributed by atoms with Crippen molar-refractivity contribution in [3.05, 3.63) is 137 Å². The Hall–Kier alpha value is -7.16. The lowest BCUT2D eigenvalue weighted by Gasteiger charge is -2.32. The second-order valence-electron chi connectivity index (χ2n) is 16.6. The predicted octanol–water partition coefficient (Wildman–Crippen LogP) is 4.50. The minimum atomic E-state index is -1.34. The van der Waals surface area contributed by atoms with Gasteiger partial charge in [-0.2, -0.15) is 0 Å². The van der Waals surface area contributed by atoms with Gasteiger partial charge in [-0.15, -0.1) is 0 Å². The Bertz CT molecular complexity index is 2480. The molecule has 4 N–H and O–H groups in total. The second kappa shape index (κ2) is 19.5. The SMILES string of the molecule is O=C(CCCCNC(=O)CN1Cc2ccccc2[C@@H]2OC(c3ccccc3)=N[C@]2(Cc2ccccc2)C1=O)NCCCCC(=O)Nc1cccc2c1CN(C1CCC(=O)NC1=O)C2=O. The first-order valence-electron chi connectivity index (χ1n) is 21.9. The van der Waals surface area contributed by atoms with Crippen LogP contribution in [0.1, 0.15) is 95.6 Å². The molecule has 64 heavy (non-hydrogen) atoms. The van der Waals surface area contributed by atoms with E-state index >= 15 is 0 Å². The minimum absolute atomic E-state index is 0.123. The highest BCUT2D eigenvalue weighted by molar-refractivity contribution is 6.07. The highest BCUT2D eigenvalue weighted by Gasteiger charge is 2.57. The van der Waals surface area contributed by atoms with Gasteiger partial charge in [0.25, 0.3) is 11.8 Å². The second-order valence-corrected chi connectivity index (χ2v) is 16.6. The number of carbonyl (C=O) groups excluding carboxylic acids is 7. The van der Waals surface area contributed by atoms with Crippen LogP contribution in [0.25, 0.3) is 0 Å². The molecular weight excluding hydrogens is 815 g/mol.